The number of aliphatic hydroxyl groups excluding tert-OH is 2. The van der Waals surface area contributed by atoms with Crippen LogP contribution in [-0.4, -0.2) is 161 Å². The molecule has 1 aliphatic carbocycles. The summed E-state index contributed by atoms with van der Waals surface area (Å²) in [6.07, 6.45) is 14.0. The molecule has 4 heterocycles. The van der Waals surface area contributed by atoms with E-state index in [1.165, 1.54) is 19.1 Å². The lowest BCUT2D eigenvalue weighted by atomic mass is 9.78. The van der Waals surface area contributed by atoms with Crippen LogP contribution >= 0.6 is 0 Å². The van der Waals surface area contributed by atoms with E-state index in [0.717, 1.165) is 17.6 Å². The number of esters is 2. The molecule has 6 rings (SSSR count). The highest BCUT2D eigenvalue weighted by molar-refractivity contribution is 6.39. The molecule has 490 valence electrons. The molecule has 15 atom stereocenters. The number of nitrogens with zero attached hydrogens (tertiary/aromatic N) is 1. The molecule has 1 amide bonds. The zero-order chi connectivity index (χ0) is 65.3. The van der Waals surface area contributed by atoms with E-state index in [-0.39, 0.29) is 73.4 Å². The molecule has 5 aliphatic rings. The first-order chi connectivity index (χ1) is 41.6. The number of allylic oxidation sites excluding steroid dienone is 8. The number of carbonyl (C=O) groups excluding carboxylic acids is 6. The van der Waals surface area contributed by atoms with Crippen LogP contribution in [-0.2, 0) is 70.1 Å². The number of hydrogen-bond acceptors (Lipinski definition) is 18. The Labute approximate surface area is 519 Å². The number of phenols is 1. The zero-order valence-electron chi connectivity index (χ0n) is 54.0. The van der Waals surface area contributed by atoms with Gasteiger partial charge in [-0.3, -0.25) is 28.8 Å². The van der Waals surface area contributed by atoms with Crippen LogP contribution in [0.3, 0.4) is 0 Å². The molecule has 3 fully saturated rings. The van der Waals surface area contributed by atoms with Crippen molar-refractivity contribution in [1.29, 1.82) is 0 Å². The number of phenolic OH excluding ortho intramolecular Hbond substituents is 1. The SMILES string of the molecule is CO[C@H]1C[C@@H]2CC[C@@H](C)[C@@](O)(O2)C(=O)C(=O)N2CCCC[C@H]2C(=O)O[C@H]([C@H](C)C[C@@H]2CCC(O)[C@H](OC)C2)CC(=O)[C@H](C)/C=C(\C)[C@@H](O)[C@@H](OC)C(=O)[C@H](C)C[C@H](C)/C=C/C=C/C=C/1C.COc1c(C)c2c(c(O)c1C/C=C(\C)CCC(=O)O)CC(=O)O2. The van der Waals surface area contributed by atoms with Crippen LogP contribution in [0.1, 0.15) is 162 Å². The summed E-state index contributed by atoms with van der Waals surface area (Å²) in [7, 11) is 6.02. The number of ether oxygens (including phenoxy) is 7. The van der Waals surface area contributed by atoms with Gasteiger partial charge in [0.25, 0.3) is 11.7 Å². The first kappa shape index (κ1) is 72.9. The summed E-state index contributed by atoms with van der Waals surface area (Å²) >= 11 is 0. The minimum atomic E-state index is -2.43. The average Bonchev–Trinajstić information content (AvgIpc) is 1.72. The summed E-state index contributed by atoms with van der Waals surface area (Å²) in [6.45, 7) is 16.4. The van der Waals surface area contributed by atoms with Gasteiger partial charge in [-0.25, -0.2) is 4.79 Å². The fourth-order valence-corrected chi connectivity index (χ4v) is 12.8. The lowest BCUT2D eigenvalue weighted by molar-refractivity contribution is -0.265. The molecule has 20 nitrogen and oxygen atoms in total. The Bertz CT molecular complexity index is 2780. The number of Topliss-reactive ketones (excluding diaryl/α,β-unsaturated/α-hetero) is 3. The number of ketones is 3. The minimum absolute atomic E-state index is 0.00980. The van der Waals surface area contributed by atoms with Crippen molar-refractivity contribution in [3.8, 4) is 17.2 Å². The van der Waals surface area contributed by atoms with E-state index < -0.39 is 95.8 Å². The number of rotatable bonds is 12. The number of amides is 1. The van der Waals surface area contributed by atoms with Gasteiger partial charge in [0, 0.05) is 81.6 Å². The largest absolute Gasteiger partial charge is 0.507 e. The van der Waals surface area contributed by atoms with Crippen molar-refractivity contribution in [3.63, 3.8) is 0 Å². The first-order valence-electron chi connectivity index (χ1n) is 31.3. The van der Waals surface area contributed by atoms with Gasteiger partial charge in [-0.15, -0.1) is 0 Å². The monoisotopic (exact) mass is 1230 g/mol. The Balaban J connectivity index is 0.000000510. The molecule has 1 aromatic rings. The number of fused-ring (bicyclic) bond motifs is 4. The molecule has 2 bridgehead atoms. The third-order valence-electron chi connectivity index (χ3n) is 18.4. The molecule has 0 aromatic heterocycles. The summed E-state index contributed by atoms with van der Waals surface area (Å²) in [5.41, 5.74) is 3.93. The van der Waals surface area contributed by atoms with Crippen molar-refractivity contribution in [3.05, 3.63) is 75.9 Å². The standard InChI is InChI=1S/C51H79NO13.C17H20O6/c1-30-16-12-11-13-17-31(2)42(61-8)28-38-21-19-36(7)51(60,65-38)48(57)49(58)52-23-15-14-18-39(52)50(59)64-43(33(4)26-37-20-22-40(53)44(27-37)62-9)29-41(54)32(3)25-35(6)46(56)47(63-10)45(55)34(5)24-30;1-9(5-7-13(18)19)4-6-11-15(21)12-8-14(20)23-17(12)10(2)16(11)22-3/h11-13,16-17,25,30,32-34,36-40,42-44,46-47,53,56,60H,14-15,18-24,26-29H2,1-10H3;4,21H,5-8H2,1-3H3,(H,18,19)/b13-11+,16-12+,31-17+,35-25+;9-4+/t30-,32-,33-,34-,36-,37+,38+,39+,40?,42+,43+,44-,46-,47+,51-;/m1./s1. The number of hydrogen-bond donors (Lipinski definition) is 5. The van der Waals surface area contributed by atoms with Crippen molar-refractivity contribution in [2.75, 3.05) is 35.0 Å². The fourth-order valence-electron chi connectivity index (χ4n) is 12.8. The van der Waals surface area contributed by atoms with Gasteiger partial charge in [0.1, 0.15) is 47.4 Å². The number of carbonyl (C=O) groups is 7. The van der Waals surface area contributed by atoms with Gasteiger partial charge < -0.3 is 63.6 Å². The quantitative estimate of drug-likeness (QED) is 0.0566. The van der Waals surface area contributed by atoms with E-state index in [4.69, 9.17) is 38.3 Å². The maximum atomic E-state index is 14.4. The molecule has 1 aromatic carbocycles. The number of cyclic esters (lactones) is 1. The highest BCUT2D eigenvalue weighted by atomic mass is 16.6. The highest BCUT2D eigenvalue weighted by Gasteiger charge is 2.53. The van der Waals surface area contributed by atoms with Crippen LogP contribution in [0.15, 0.2) is 59.3 Å². The molecule has 4 aliphatic heterocycles. The summed E-state index contributed by atoms with van der Waals surface area (Å²) in [6, 6.07) is -1.14. The van der Waals surface area contributed by atoms with E-state index in [2.05, 4.69) is 0 Å². The Morgan fingerprint density at radius 1 is 0.864 bits per heavy atom. The summed E-state index contributed by atoms with van der Waals surface area (Å²) in [5.74, 6) is -8.33. The Morgan fingerprint density at radius 2 is 1.58 bits per heavy atom. The number of aromatic hydroxyl groups is 1. The second-order valence-corrected chi connectivity index (χ2v) is 25.2. The molecular weight excluding hydrogens is 1130 g/mol. The summed E-state index contributed by atoms with van der Waals surface area (Å²) in [5, 5.41) is 53.0. The second-order valence-electron chi connectivity index (χ2n) is 25.2. The second kappa shape index (κ2) is 33.8. The van der Waals surface area contributed by atoms with E-state index in [9.17, 15) is 54.0 Å². The predicted octanol–water partition coefficient (Wildman–Crippen LogP) is 8.70. The molecule has 1 saturated carbocycles. The van der Waals surface area contributed by atoms with Crippen molar-refractivity contribution in [1.82, 2.24) is 4.90 Å². The molecule has 2 saturated heterocycles. The van der Waals surface area contributed by atoms with E-state index in [1.807, 2.05) is 71.1 Å². The number of aliphatic carboxylic acids is 1. The van der Waals surface area contributed by atoms with E-state index >= 15 is 0 Å². The maximum Gasteiger partial charge on any atom is 0.329 e. The molecule has 20 heteroatoms. The lowest BCUT2D eigenvalue weighted by Gasteiger charge is -2.42. The number of carboxylic acids is 1. The Kier molecular flexibility index (Phi) is 28.0. The molecule has 0 spiro atoms. The lowest BCUT2D eigenvalue weighted by Crippen LogP contribution is -2.61. The molecule has 0 radical (unpaired) electrons. The smallest absolute Gasteiger partial charge is 0.329 e. The number of piperidine rings is 1. The highest BCUT2D eigenvalue weighted by Crippen LogP contribution is 2.46. The number of carboxylic acid groups (broad SMARTS) is 1. The van der Waals surface area contributed by atoms with Gasteiger partial charge in [0.2, 0.25) is 5.79 Å². The molecule has 1 unspecified atom stereocenters. The topological polar surface area (TPSA) is 288 Å². The van der Waals surface area contributed by atoms with Crippen LogP contribution in [0.2, 0.25) is 0 Å². The van der Waals surface area contributed by atoms with E-state index in [0.29, 0.717) is 104 Å². The maximum absolute atomic E-state index is 14.4. The zero-order valence-corrected chi connectivity index (χ0v) is 54.0. The van der Waals surface area contributed by atoms with Gasteiger partial charge in [-0.2, -0.15) is 0 Å². The van der Waals surface area contributed by atoms with Gasteiger partial charge in [-0.05, 0) is 134 Å². The number of aliphatic hydroxyl groups is 3. The summed E-state index contributed by atoms with van der Waals surface area (Å²) < 4.78 is 39.9. The third-order valence-corrected chi connectivity index (χ3v) is 18.4. The van der Waals surface area contributed by atoms with Crippen LogP contribution in [0, 0.1) is 42.4 Å². The number of benzene rings is 1. The minimum Gasteiger partial charge on any atom is -0.507 e. The Hall–Kier alpha value is -5.87. The number of methoxy groups -OCH3 is 4. The molecular formula is C68H99NO19. The van der Waals surface area contributed by atoms with Gasteiger partial charge >= 0.3 is 17.9 Å². The first-order valence-corrected chi connectivity index (χ1v) is 31.3. The van der Waals surface area contributed by atoms with Crippen molar-refractivity contribution >= 4 is 41.2 Å². The van der Waals surface area contributed by atoms with Crippen LogP contribution < -0.4 is 9.47 Å². The van der Waals surface area contributed by atoms with E-state index in [1.54, 1.807) is 48.0 Å². The van der Waals surface area contributed by atoms with Gasteiger partial charge in [0.15, 0.2) is 5.78 Å². The third kappa shape index (κ3) is 19.1. The van der Waals surface area contributed by atoms with Gasteiger partial charge in [0.05, 0.1) is 37.9 Å². The normalized spacial score (nSPS) is 33.4. The summed E-state index contributed by atoms with van der Waals surface area (Å²) in [4.78, 5) is 93.9. The van der Waals surface area contributed by atoms with Crippen LogP contribution in [0.25, 0.3) is 0 Å². The average molecular weight is 1230 g/mol. The Morgan fingerprint density at radius 3 is 2.24 bits per heavy atom. The fraction of sp³-hybridized carbons (Fsp3) is 0.662. The van der Waals surface area contributed by atoms with Gasteiger partial charge in [-0.1, -0.05) is 82.7 Å². The van der Waals surface area contributed by atoms with Crippen molar-refractivity contribution < 1.29 is 92.3 Å². The molecule has 88 heavy (non-hydrogen) atoms. The molecule has 5 N–H and O–H groups in total. The van der Waals surface area contributed by atoms with Crippen molar-refractivity contribution in [2.45, 2.75) is 220 Å². The van der Waals surface area contributed by atoms with Crippen molar-refractivity contribution in [2.24, 2.45) is 35.5 Å². The predicted molar refractivity (Wildman–Crippen MR) is 328 cm³/mol. The van der Waals surface area contributed by atoms with Crippen LogP contribution in [0.5, 0.6) is 17.2 Å². The van der Waals surface area contributed by atoms with Crippen LogP contribution in [0.4, 0.5) is 0 Å².